The lowest BCUT2D eigenvalue weighted by Crippen LogP contribution is -2.50. The van der Waals surface area contributed by atoms with Crippen LogP contribution in [0.2, 0.25) is 0 Å². The van der Waals surface area contributed by atoms with Crippen LogP contribution in [-0.4, -0.2) is 74.9 Å². The molecule has 156 valence electrons. The first-order valence-electron chi connectivity index (χ1n) is 10.5. The Morgan fingerprint density at radius 1 is 0.731 bits per heavy atom. The molecule has 3 aliphatic rings. The number of ether oxygens (including phenoxy) is 4. The van der Waals surface area contributed by atoms with E-state index in [0.717, 1.165) is 32.7 Å². The molecule has 0 aromatic carbocycles. The summed E-state index contributed by atoms with van der Waals surface area (Å²) in [5.41, 5.74) is 0. The van der Waals surface area contributed by atoms with Crippen LogP contribution in [-0.2, 0) is 18.9 Å². The molecule has 5 heteroatoms. The van der Waals surface area contributed by atoms with Gasteiger partial charge in [-0.05, 0) is 74.3 Å². The Balaban J connectivity index is 0.000000195. The fourth-order valence-corrected chi connectivity index (χ4v) is 3.01. The lowest BCUT2D eigenvalue weighted by Gasteiger charge is -2.36. The van der Waals surface area contributed by atoms with E-state index in [1.165, 1.54) is 19.3 Å². The third kappa shape index (κ3) is 11.5. The topological polar surface area (TPSA) is 40.2 Å². The van der Waals surface area contributed by atoms with Crippen molar-refractivity contribution in [1.29, 1.82) is 0 Å². The number of nitrogens with zero attached hydrogens (tertiary/aromatic N) is 1. The maximum atomic E-state index is 5.51. The summed E-state index contributed by atoms with van der Waals surface area (Å²) < 4.78 is 21.6. The van der Waals surface area contributed by atoms with E-state index in [2.05, 4.69) is 53.5 Å². The fourth-order valence-electron chi connectivity index (χ4n) is 3.01. The highest BCUT2D eigenvalue weighted by molar-refractivity contribution is 4.77. The Kier molecular flexibility index (Phi) is 12.0. The third-order valence-electron chi connectivity index (χ3n) is 4.36. The van der Waals surface area contributed by atoms with Gasteiger partial charge in [0.05, 0.1) is 43.2 Å². The van der Waals surface area contributed by atoms with E-state index in [0.29, 0.717) is 36.6 Å². The second-order valence-corrected chi connectivity index (χ2v) is 8.44. The Hall–Kier alpha value is -0.200. The Bertz CT molecular complexity index is 333. The molecule has 0 aromatic heterocycles. The van der Waals surface area contributed by atoms with E-state index in [4.69, 9.17) is 18.9 Å². The van der Waals surface area contributed by atoms with Gasteiger partial charge in [-0.15, -0.1) is 0 Å². The highest BCUT2D eigenvalue weighted by Gasteiger charge is 2.24. The van der Waals surface area contributed by atoms with Crippen molar-refractivity contribution in [3.05, 3.63) is 0 Å². The predicted octanol–water partition coefficient (Wildman–Crippen LogP) is 3.89. The second-order valence-electron chi connectivity index (χ2n) is 8.44. The Labute approximate surface area is 161 Å². The largest absolute Gasteiger partial charge is 0.379 e. The minimum absolute atomic E-state index is 0.344. The molecule has 0 N–H and O–H groups in total. The molecule has 1 atom stereocenters. The van der Waals surface area contributed by atoms with Crippen LogP contribution >= 0.6 is 0 Å². The molecular formula is C21H43NO4. The molecule has 2 aliphatic heterocycles. The third-order valence-corrected chi connectivity index (χ3v) is 4.36. The van der Waals surface area contributed by atoms with E-state index in [1.807, 2.05) is 0 Å². The first kappa shape index (κ1) is 23.8. The van der Waals surface area contributed by atoms with Crippen molar-refractivity contribution >= 4 is 0 Å². The SMILES string of the molecule is CC(C)OC1CCC1.CC(C)OC1CCOC1.CC(C)OC1CN(C)C1. The molecule has 3 rings (SSSR count). The van der Waals surface area contributed by atoms with Crippen LogP contribution in [0, 0.1) is 0 Å². The monoisotopic (exact) mass is 373 g/mol. The van der Waals surface area contributed by atoms with Gasteiger partial charge in [-0.1, -0.05) is 0 Å². The van der Waals surface area contributed by atoms with E-state index in [1.54, 1.807) is 0 Å². The molecule has 0 amide bonds. The van der Waals surface area contributed by atoms with Gasteiger partial charge in [-0.25, -0.2) is 0 Å². The van der Waals surface area contributed by atoms with Gasteiger partial charge in [0.15, 0.2) is 0 Å². The van der Waals surface area contributed by atoms with E-state index < -0.39 is 0 Å². The van der Waals surface area contributed by atoms with Gasteiger partial charge < -0.3 is 23.8 Å². The molecule has 1 saturated carbocycles. The standard InChI is InChI=1S/C7H15NO.C7H14O2.C7H14O/c1-6(2)9-7-4-8(3)5-7;1-6(2)9-7-3-4-8-5-7;1-6(2)8-7-4-3-5-7/h6-7H,4-5H2,1-3H3;6-7H,3-5H2,1-2H3;6-7H,3-5H2,1-2H3. The summed E-state index contributed by atoms with van der Waals surface area (Å²) in [6, 6.07) is 0. The lowest BCUT2D eigenvalue weighted by molar-refractivity contribution is -0.0712. The molecule has 0 aromatic rings. The predicted molar refractivity (Wildman–Crippen MR) is 107 cm³/mol. The maximum Gasteiger partial charge on any atom is 0.0833 e. The van der Waals surface area contributed by atoms with Gasteiger partial charge in [0.25, 0.3) is 0 Å². The van der Waals surface area contributed by atoms with Gasteiger partial charge in [-0.2, -0.15) is 0 Å². The molecule has 0 bridgehead atoms. The van der Waals surface area contributed by atoms with E-state index >= 15 is 0 Å². The zero-order valence-electron chi connectivity index (χ0n) is 18.2. The highest BCUT2D eigenvalue weighted by atomic mass is 16.5. The lowest BCUT2D eigenvalue weighted by atomic mass is 9.96. The van der Waals surface area contributed by atoms with Crippen LogP contribution in [0.4, 0.5) is 0 Å². The summed E-state index contributed by atoms with van der Waals surface area (Å²) in [7, 11) is 2.11. The van der Waals surface area contributed by atoms with Crippen molar-refractivity contribution in [3.63, 3.8) is 0 Å². The smallest absolute Gasteiger partial charge is 0.0833 e. The van der Waals surface area contributed by atoms with Gasteiger partial charge in [-0.3, -0.25) is 0 Å². The molecule has 2 saturated heterocycles. The average molecular weight is 374 g/mol. The van der Waals surface area contributed by atoms with E-state index in [9.17, 15) is 0 Å². The summed E-state index contributed by atoms with van der Waals surface area (Å²) in [5, 5.41) is 0. The number of rotatable bonds is 6. The summed E-state index contributed by atoms with van der Waals surface area (Å²) >= 11 is 0. The van der Waals surface area contributed by atoms with Gasteiger partial charge in [0.1, 0.15) is 0 Å². The van der Waals surface area contributed by atoms with Gasteiger partial charge in [0.2, 0.25) is 0 Å². The van der Waals surface area contributed by atoms with Crippen molar-refractivity contribution in [1.82, 2.24) is 4.90 Å². The average Bonchev–Trinajstić information content (AvgIpc) is 2.94. The van der Waals surface area contributed by atoms with Crippen LogP contribution in [0.1, 0.15) is 67.2 Å². The Morgan fingerprint density at radius 2 is 1.23 bits per heavy atom. The first-order chi connectivity index (χ1) is 12.3. The normalized spacial score (nSPS) is 24.0. The van der Waals surface area contributed by atoms with Crippen molar-refractivity contribution in [2.75, 3.05) is 33.4 Å². The van der Waals surface area contributed by atoms with Crippen LogP contribution in [0.5, 0.6) is 0 Å². The fraction of sp³-hybridized carbons (Fsp3) is 1.00. The highest BCUT2D eigenvalue weighted by Crippen LogP contribution is 2.22. The van der Waals surface area contributed by atoms with Crippen molar-refractivity contribution in [3.8, 4) is 0 Å². The summed E-state index contributed by atoms with van der Waals surface area (Å²) in [5.74, 6) is 0. The number of likely N-dealkylation sites (N-methyl/N-ethyl adjacent to an activating group) is 1. The second kappa shape index (κ2) is 13.1. The van der Waals surface area contributed by atoms with Crippen molar-refractivity contribution < 1.29 is 18.9 Å². The van der Waals surface area contributed by atoms with Crippen LogP contribution in [0.3, 0.4) is 0 Å². The molecule has 0 radical (unpaired) electrons. The number of hydrogen-bond acceptors (Lipinski definition) is 5. The number of hydrogen-bond donors (Lipinski definition) is 0. The van der Waals surface area contributed by atoms with Gasteiger partial charge in [0, 0.05) is 19.7 Å². The molecule has 1 aliphatic carbocycles. The summed E-state index contributed by atoms with van der Waals surface area (Å²) in [6.07, 6.45) is 7.67. The molecule has 0 spiro atoms. The molecule has 1 unspecified atom stereocenters. The maximum absolute atomic E-state index is 5.51. The summed E-state index contributed by atoms with van der Waals surface area (Å²) in [6.45, 7) is 16.3. The summed E-state index contributed by atoms with van der Waals surface area (Å²) in [4.78, 5) is 2.26. The van der Waals surface area contributed by atoms with Crippen LogP contribution in [0.15, 0.2) is 0 Å². The molecule has 3 fully saturated rings. The first-order valence-corrected chi connectivity index (χ1v) is 10.5. The Morgan fingerprint density at radius 3 is 1.54 bits per heavy atom. The minimum Gasteiger partial charge on any atom is -0.379 e. The van der Waals surface area contributed by atoms with Crippen LogP contribution in [0.25, 0.3) is 0 Å². The molecule has 5 nitrogen and oxygen atoms in total. The van der Waals surface area contributed by atoms with Gasteiger partial charge >= 0.3 is 0 Å². The molecule has 2 heterocycles. The molecule has 26 heavy (non-hydrogen) atoms. The molecular weight excluding hydrogens is 330 g/mol. The minimum atomic E-state index is 0.344. The van der Waals surface area contributed by atoms with E-state index in [-0.39, 0.29) is 0 Å². The zero-order chi connectivity index (χ0) is 19.5. The van der Waals surface area contributed by atoms with Crippen LogP contribution < -0.4 is 0 Å². The zero-order valence-corrected chi connectivity index (χ0v) is 18.2. The quantitative estimate of drug-likeness (QED) is 0.706. The van der Waals surface area contributed by atoms with Crippen molar-refractivity contribution in [2.24, 2.45) is 0 Å². The van der Waals surface area contributed by atoms with Crippen molar-refractivity contribution in [2.45, 2.75) is 104 Å². The number of likely N-dealkylation sites (tertiary alicyclic amines) is 1.